The lowest BCUT2D eigenvalue weighted by Crippen LogP contribution is -2.13. The zero-order chi connectivity index (χ0) is 12.8. The number of amides is 1. The van der Waals surface area contributed by atoms with Gasteiger partial charge in [0, 0.05) is 12.6 Å². The molecule has 20 heavy (non-hydrogen) atoms. The lowest BCUT2D eigenvalue weighted by Gasteiger charge is -1.98. The van der Waals surface area contributed by atoms with Gasteiger partial charge in [0.25, 0.3) is 0 Å². The molecule has 9 heteroatoms. The standard InChI is InChI=1S/C11H13N5OS.2ClH/c12-6-3-5-9(17)14-11-16-15-10(18-11)8-4-1-2-7-13-8;;/h1-2,4,7H,3,5-6,12H2,(H,14,16,17);2*1H. The van der Waals surface area contributed by atoms with E-state index in [1.165, 1.54) is 11.3 Å². The van der Waals surface area contributed by atoms with Crippen molar-refractivity contribution in [1.82, 2.24) is 15.2 Å². The first-order valence-electron chi connectivity index (χ1n) is 5.54. The van der Waals surface area contributed by atoms with E-state index < -0.39 is 0 Å². The van der Waals surface area contributed by atoms with Gasteiger partial charge in [0.2, 0.25) is 11.0 Å². The molecule has 2 heterocycles. The van der Waals surface area contributed by atoms with Crippen LogP contribution < -0.4 is 11.1 Å². The summed E-state index contributed by atoms with van der Waals surface area (Å²) in [5, 5.41) is 11.8. The third-order valence-corrected chi connectivity index (χ3v) is 3.02. The van der Waals surface area contributed by atoms with E-state index in [1.807, 2.05) is 18.2 Å². The summed E-state index contributed by atoms with van der Waals surface area (Å²) in [5.74, 6) is -0.0934. The van der Waals surface area contributed by atoms with Crippen LogP contribution in [-0.4, -0.2) is 27.6 Å². The SMILES string of the molecule is Cl.Cl.NCCCC(=O)Nc1nnc(-c2ccccn2)s1. The fraction of sp³-hybridized carbons (Fsp3) is 0.273. The van der Waals surface area contributed by atoms with Crippen LogP contribution in [0.25, 0.3) is 10.7 Å². The molecule has 0 unspecified atom stereocenters. The van der Waals surface area contributed by atoms with Gasteiger partial charge < -0.3 is 11.1 Å². The van der Waals surface area contributed by atoms with Crippen LogP contribution in [0.15, 0.2) is 24.4 Å². The van der Waals surface area contributed by atoms with Crippen molar-refractivity contribution in [3.8, 4) is 10.7 Å². The topological polar surface area (TPSA) is 93.8 Å². The van der Waals surface area contributed by atoms with Gasteiger partial charge in [-0.1, -0.05) is 17.4 Å². The maximum atomic E-state index is 11.5. The third kappa shape index (κ3) is 5.38. The number of rotatable bonds is 5. The molecule has 0 saturated heterocycles. The molecule has 2 aromatic rings. The molecule has 110 valence electrons. The number of carbonyl (C=O) groups is 1. The molecule has 3 N–H and O–H groups in total. The van der Waals surface area contributed by atoms with E-state index >= 15 is 0 Å². The monoisotopic (exact) mass is 335 g/mol. The Balaban J connectivity index is 0.00000180. The maximum absolute atomic E-state index is 11.5. The average molecular weight is 336 g/mol. The molecule has 0 radical (unpaired) electrons. The summed E-state index contributed by atoms with van der Waals surface area (Å²) >= 11 is 1.30. The highest BCUT2D eigenvalue weighted by molar-refractivity contribution is 7.18. The Hall–Kier alpha value is -1.28. The lowest BCUT2D eigenvalue weighted by molar-refractivity contribution is -0.116. The highest BCUT2D eigenvalue weighted by atomic mass is 35.5. The molecular weight excluding hydrogens is 321 g/mol. The second kappa shape index (κ2) is 9.60. The molecule has 6 nitrogen and oxygen atoms in total. The van der Waals surface area contributed by atoms with Crippen molar-refractivity contribution in [3.05, 3.63) is 24.4 Å². The summed E-state index contributed by atoms with van der Waals surface area (Å²) in [5.41, 5.74) is 6.08. The van der Waals surface area contributed by atoms with E-state index in [9.17, 15) is 4.79 Å². The van der Waals surface area contributed by atoms with Gasteiger partial charge in [-0.15, -0.1) is 35.0 Å². The minimum atomic E-state index is -0.0934. The van der Waals surface area contributed by atoms with Crippen LogP contribution in [-0.2, 0) is 4.79 Å². The van der Waals surface area contributed by atoms with Gasteiger partial charge in [0.15, 0.2) is 5.01 Å². The van der Waals surface area contributed by atoms with Crippen molar-refractivity contribution in [2.75, 3.05) is 11.9 Å². The number of nitrogens with one attached hydrogen (secondary N) is 1. The molecule has 2 rings (SSSR count). The number of anilines is 1. The normalized spacial score (nSPS) is 9.25. The van der Waals surface area contributed by atoms with Crippen LogP contribution >= 0.6 is 36.2 Å². The summed E-state index contributed by atoms with van der Waals surface area (Å²) < 4.78 is 0. The molecule has 0 fully saturated rings. The number of pyridine rings is 1. The fourth-order valence-electron chi connectivity index (χ4n) is 1.31. The Morgan fingerprint density at radius 2 is 2.10 bits per heavy atom. The van der Waals surface area contributed by atoms with Crippen molar-refractivity contribution in [1.29, 1.82) is 0 Å². The van der Waals surface area contributed by atoms with Crippen LogP contribution in [0.1, 0.15) is 12.8 Å². The van der Waals surface area contributed by atoms with Gasteiger partial charge in [-0.2, -0.15) is 0 Å². The van der Waals surface area contributed by atoms with E-state index in [0.29, 0.717) is 29.5 Å². The van der Waals surface area contributed by atoms with Gasteiger partial charge in [0.1, 0.15) is 5.69 Å². The largest absolute Gasteiger partial charge is 0.330 e. The molecule has 0 aliphatic rings. The Labute approximate surface area is 133 Å². The van der Waals surface area contributed by atoms with Gasteiger partial charge >= 0.3 is 0 Å². The number of aromatic nitrogens is 3. The number of nitrogens with zero attached hydrogens (tertiary/aromatic N) is 3. The summed E-state index contributed by atoms with van der Waals surface area (Å²) in [4.78, 5) is 15.6. The number of halogens is 2. The molecule has 0 aliphatic carbocycles. The predicted molar refractivity (Wildman–Crippen MR) is 84.6 cm³/mol. The molecular formula is C11H15Cl2N5OS. The Morgan fingerprint density at radius 1 is 1.30 bits per heavy atom. The highest BCUT2D eigenvalue weighted by Gasteiger charge is 2.09. The van der Waals surface area contributed by atoms with Crippen molar-refractivity contribution in [3.63, 3.8) is 0 Å². The molecule has 0 aliphatic heterocycles. The van der Waals surface area contributed by atoms with Crippen molar-refractivity contribution in [2.45, 2.75) is 12.8 Å². The van der Waals surface area contributed by atoms with Crippen molar-refractivity contribution in [2.24, 2.45) is 5.73 Å². The zero-order valence-corrected chi connectivity index (χ0v) is 12.9. The summed E-state index contributed by atoms with van der Waals surface area (Å²) in [6.07, 6.45) is 2.75. The first-order chi connectivity index (χ1) is 8.79. The first-order valence-corrected chi connectivity index (χ1v) is 6.36. The van der Waals surface area contributed by atoms with E-state index in [-0.39, 0.29) is 30.7 Å². The summed E-state index contributed by atoms with van der Waals surface area (Å²) in [6.45, 7) is 0.503. The van der Waals surface area contributed by atoms with Crippen LogP contribution in [0.2, 0.25) is 0 Å². The number of carbonyl (C=O) groups excluding carboxylic acids is 1. The Kier molecular flexibility index (Phi) is 8.98. The minimum absolute atomic E-state index is 0. The molecule has 0 aromatic carbocycles. The number of hydrogen-bond donors (Lipinski definition) is 2. The van der Waals surface area contributed by atoms with E-state index in [0.717, 1.165) is 5.69 Å². The van der Waals surface area contributed by atoms with E-state index in [2.05, 4.69) is 20.5 Å². The molecule has 2 aromatic heterocycles. The highest BCUT2D eigenvalue weighted by Crippen LogP contribution is 2.24. The fourth-order valence-corrected chi connectivity index (χ4v) is 2.05. The number of nitrogens with two attached hydrogens (primary N) is 1. The van der Waals surface area contributed by atoms with Crippen LogP contribution in [0.5, 0.6) is 0 Å². The molecule has 0 saturated carbocycles. The van der Waals surface area contributed by atoms with Gasteiger partial charge in [-0.05, 0) is 25.1 Å². The zero-order valence-electron chi connectivity index (χ0n) is 10.5. The van der Waals surface area contributed by atoms with Crippen molar-refractivity contribution >= 4 is 47.2 Å². The second-order valence-electron chi connectivity index (χ2n) is 3.57. The van der Waals surface area contributed by atoms with E-state index in [4.69, 9.17) is 5.73 Å². The molecule has 0 bridgehead atoms. The van der Waals surface area contributed by atoms with Crippen LogP contribution in [0, 0.1) is 0 Å². The van der Waals surface area contributed by atoms with Gasteiger partial charge in [-0.25, -0.2) is 0 Å². The predicted octanol–water partition coefficient (Wildman–Crippen LogP) is 2.12. The number of hydrogen-bond acceptors (Lipinski definition) is 6. The minimum Gasteiger partial charge on any atom is -0.330 e. The first kappa shape index (κ1) is 18.7. The molecule has 0 spiro atoms. The smallest absolute Gasteiger partial charge is 0.226 e. The molecule has 0 atom stereocenters. The van der Waals surface area contributed by atoms with Crippen LogP contribution in [0.3, 0.4) is 0 Å². The van der Waals surface area contributed by atoms with Crippen LogP contribution in [0.4, 0.5) is 5.13 Å². The van der Waals surface area contributed by atoms with Gasteiger partial charge in [0.05, 0.1) is 0 Å². The summed E-state index contributed by atoms with van der Waals surface area (Å²) in [7, 11) is 0. The Morgan fingerprint density at radius 3 is 2.75 bits per heavy atom. The Bertz CT molecular complexity index is 523. The van der Waals surface area contributed by atoms with E-state index in [1.54, 1.807) is 6.20 Å². The molecule has 1 amide bonds. The summed E-state index contributed by atoms with van der Waals surface area (Å²) in [6, 6.07) is 5.56. The second-order valence-corrected chi connectivity index (χ2v) is 4.55. The maximum Gasteiger partial charge on any atom is 0.226 e. The third-order valence-electron chi connectivity index (χ3n) is 2.16. The van der Waals surface area contributed by atoms with Gasteiger partial charge in [-0.3, -0.25) is 9.78 Å². The van der Waals surface area contributed by atoms with Crippen molar-refractivity contribution < 1.29 is 4.79 Å². The lowest BCUT2D eigenvalue weighted by atomic mass is 10.3. The quantitative estimate of drug-likeness (QED) is 0.872. The average Bonchev–Trinajstić information content (AvgIpc) is 2.86.